The predicted octanol–water partition coefficient (Wildman–Crippen LogP) is 2.47. The maximum atomic E-state index is 12.8. The molecule has 1 aromatic carbocycles. The number of rotatable bonds is 7. The minimum Gasteiger partial charge on any atom is -0.493 e. The molecule has 2 heterocycles. The third kappa shape index (κ3) is 4.58. The van der Waals surface area contributed by atoms with Crippen molar-refractivity contribution in [3.8, 4) is 11.5 Å². The van der Waals surface area contributed by atoms with Gasteiger partial charge in [0.1, 0.15) is 0 Å². The molecule has 2 saturated heterocycles. The molecule has 0 spiro atoms. The molecule has 0 aliphatic carbocycles. The largest absolute Gasteiger partial charge is 0.493 e. The summed E-state index contributed by atoms with van der Waals surface area (Å²) in [5, 5.41) is 0. The van der Waals surface area contributed by atoms with Gasteiger partial charge in [-0.15, -0.1) is 0 Å². The van der Waals surface area contributed by atoms with Crippen molar-refractivity contribution in [1.29, 1.82) is 0 Å². The van der Waals surface area contributed by atoms with E-state index in [9.17, 15) is 9.59 Å². The van der Waals surface area contributed by atoms with E-state index in [0.29, 0.717) is 24.6 Å². The molecular weight excluding hydrogens is 360 g/mol. The molecule has 0 radical (unpaired) electrons. The Kier molecular flexibility index (Phi) is 6.78. The monoisotopic (exact) mass is 390 g/mol. The van der Waals surface area contributed by atoms with Gasteiger partial charge >= 0.3 is 0 Å². The van der Waals surface area contributed by atoms with Crippen LogP contribution in [-0.4, -0.2) is 63.8 Å². The molecule has 2 unspecified atom stereocenters. The van der Waals surface area contributed by atoms with Crippen molar-refractivity contribution in [2.24, 2.45) is 5.92 Å². The van der Waals surface area contributed by atoms with Gasteiger partial charge in [-0.3, -0.25) is 9.59 Å². The van der Waals surface area contributed by atoms with E-state index in [1.54, 1.807) is 36.2 Å². The summed E-state index contributed by atoms with van der Waals surface area (Å²) in [6, 6.07) is 5.36. The first-order chi connectivity index (χ1) is 13.5. The highest BCUT2D eigenvalue weighted by molar-refractivity contribution is 6.00. The summed E-state index contributed by atoms with van der Waals surface area (Å²) < 4.78 is 16.3. The Hall–Kier alpha value is -2.28. The van der Waals surface area contributed by atoms with Crippen LogP contribution in [0.1, 0.15) is 32.1 Å². The maximum Gasteiger partial charge on any atom is 0.227 e. The molecule has 2 fully saturated rings. The van der Waals surface area contributed by atoms with Gasteiger partial charge in [0.25, 0.3) is 0 Å². The molecule has 3 rings (SSSR count). The number of hydrogen-bond acceptors (Lipinski definition) is 5. The van der Waals surface area contributed by atoms with Crippen LogP contribution in [0.3, 0.4) is 0 Å². The van der Waals surface area contributed by atoms with Crippen LogP contribution >= 0.6 is 0 Å². The molecule has 2 amide bonds. The van der Waals surface area contributed by atoms with E-state index in [1.807, 2.05) is 13.1 Å². The first-order valence-electron chi connectivity index (χ1n) is 9.92. The second-order valence-corrected chi connectivity index (χ2v) is 7.48. The number of anilines is 1. The van der Waals surface area contributed by atoms with Gasteiger partial charge in [-0.1, -0.05) is 0 Å². The SMILES string of the molecule is COc1ccc(N2CC(C(=O)N(C)CCC3CCCCO3)CC2=O)cc1OC. The fourth-order valence-corrected chi connectivity index (χ4v) is 3.91. The van der Waals surface area contributed by atoms with Crippen molar-refractivity contribution in [3.05, 3.63) is 18.2 Å². The first-order valence-corrected chi connectivity index (χ1v) is 9.92. The van der Waals surface area contributed by atoms with E-state index in [2.05, 4.69) is 0 Å². The van der Waals surface area contributed by atoms with E-state index in [1.165, 1.54) is 6.42 Å². The average molecular weight is 390 g/mol. The van der Waals surface area contributed by atoms with E-state index >= 15 is 0 Å². The van der Waals surface area contributed by atoms with Gasteiger partial charge in [0.15, 0.2) is 11.5 Å². The van der Waals surface area contributed by atoms with Crippen LogP contribution in [0.25, 0.3) is 0 Å². The molecule has 2 aliphatic heterocycles. The molecule has 0 saturated carbocycles. The summed E-state index contributed by atoms with van der Waals surface area (Å²) in [6.07, 6.45) is 4.72. The third-order valence-corrected chi connectivity index (χ3v) is 5.59. The minimum atomic E-state index is -0.321. The second kappa shape index (κ2) is 9.28. The van der Waals surface area contributed by atoms with Gasteiger partial charge in [0.05, 0.1) is 26.2 Å². The fourth-order valence-electron chi connectivity index (χ4n) is 3.91. The lowest BCUT2D eigenvalue weighted by Crippen LogP contribution is -2.37. The van der Waals surface area contributed by atoms with Crippen molar-refractivity contribution in [2.45, 2.75) is 38.2 Å². The van der Waals surface area contributed by atoms with E-state index in [-0.39, 0.29) is 30.3 Å². The number of benzene rings is 1. The van der Waals surface area contributed by atoms with Crippen LogP contribution in [0.15, 0.2) is 18.2 Å². The zero-order valence-corrected chi connectivity index (χ0v) is 17.0. The Balaban J connectivity index is 1.59. The van der Waals surface area contributed by atoms with Crippen LogP contribution in [0, 0.1) is 5.92 Å². The highest BCUT2D eigenvalue weighted by Crippen LogP contribution is 2.34. The molecule has 28 heavy (non-hydrogen) atoms. The van der Waals surface area contributed by atoms with E-state index in [0.717, 1.165) is 31.6 Å². The van der Waals surface area contributed by atoms with Gasteiger partial charge in [-0.05, 0) is 37.8 Å². The Morgan fingerprint density at radius 2 is 2.04 bits per heavy atom. The van der Waals surface area contributed by atoms with Crippen LogP contribution in [-0.2, 0) is 14.3 Å². The summed E-state index contributed by atoms with van der Waals surface area (Å²) in [7, 11) is 4.95. The Labute approximate surface area is 166 Å². The second-order valence-electron chi connectivity index (χ2n) is 7.48. The molecule has 154 valence electrons. The standard InChI is InChI=1S/C21H30N2O5/c1-22(10-9-17-6-4-5-11-28-17)21(25)15-12-20(24)23(14-15)16-7-8-18(26-2)19(13-16)27-3/h7-8,13,15,17H,4-6,9-12,14H2,1-3H3. The summed E-state index contributed by atoms with van der Waals surface area (Å²) >= 11 is 0. The number of amides is 2. The minimum absolute atomic E-state index is 0.0205. The summed E-state index contributed by atoms with van der Waals surface area (Å²) in [4.78, 5) is 28.8. The lowest BCUT2D eigenvalue weighted by Gasteiger charge is -2.26. The molecular formula is C21H30N2O5. The van der Waals surface area contributed by atoms with E-state index < -0.39 is 0 Å². The van der Waals surface area contributed by atoms with Crippen molar-refractivity contribution < 1.29 is 23.8 Å². The zero-order chi connectivity index (χ0) is 20.1. The average Bonchev–Trinajstić information content (AvgIpc) is 3.13. The molecule has 0 N–H and O–H groups in total. The Morgan fingerprint density at radius 3 is 2.71 bits per heavy atom. The lowest BCUT2D eigenvalue weighted by atomic mass is 10.0. The van der Waals surface area contributed by atoms with Gasteiger partial charge in [-0.2, -0.15) is 0 Å². The number of carbonyl (C=O) groups excluding carboxylic acids is 2. The molecule has 0 aromatic heterocycles. The van der Waals surface area contributed by atoms with Crippen LogP contribution in [0.2, 0.25) is 0 Å². The van der Waals surface area contributed by atoms with Gasteiger partial charge in [-0.25, -0.2) is 0 Å². The van der Waals surface area contributed by atoms with Crippen LogP contribution in [0.4, 0.5) is 5.69 Å². The van der Waals surface area contributed by atoms with Crippen LogP contribution in [0.5, 0.6) is 11.5 Å². The highest BCUT2D eigenvalue weighted by Gasteiger charge is 2.36. The number of nitrogens with zero attached hydrogens (tertiary/aromatic N) is 2. The van der Waals surface area contributed by atoms with E-state index in [4.69, 9.17) is 14.2 Å². The first kappa shape index (κ1) is 20.5. The number of carbonyl (C=O) groups is 2. The smallest absolute Gasteiger partial charge is 0.227 e. The number of methoxy groups -OCH3 is 2. The third-order valence-electron chi connectivity index (χ3n) is 5.59. The maximum absolute atomic E-state index is 12.8. The van der Waals surface area contributed by atoms with Gasteiger partial charge in [0.2, 0.25) is 11.8 Å². The molecule has 2 atom stereocenters. The summed E-state index contributed by atoms with van der Waals surface area (Å²) in [5.41, 5.74) is 0.719. The van der Waals surface area contributed by atoms with Gasteiger partial charge < -0.3 is 24.0 Å². The fraction of sp³-hybridized carbons (Fsp3) is 0.619. The van der Waals surface area contributed by atoms with Crippen molar-refractivity contribution in [3.63, 3.8) is 0 Å². The Bertz CT molecular complexity index is 702. The quantitative estimate of drug-likeness (QED) is 0.715. The number of ether oxygens (including phenoxy) is 3. The molecule has 0 bridgehead atoms. The zero-order valence-electron chi connectivity index (χ0n) is 17.0. The van der Waals surface area contributed by atoms with Gasteiger partial charge in [0, 0.05) is 44.9 Å². The van der Waals surface area contributed by atoms with Crippen molar-refractivity contribution in [2.75, 3.05) is 45.9 Å². The lowest BCUT2D eigenvalue weighted by molar-refractivity contribution is -0.135. The molecule has 7 nitrogen and oxygen atoms in total. The number of hydrogen-bond donors (Lipinski definition) is 0. The predicted molar refractivity (Wildman–Crippen MR) is 106 cm³/mol. The van der Waals surface area contributed by atoms with Crippen molar-refractivity contribution >= 4 is 17.5 Å². The summed E-state index contributed by atoms with van der Waals surface area (Å²) in [6.45, 7) is 1.86. The Morgan fingerprint density at radius 1 is 1.25 bits per heavy atom. The normalized spacial score (nSPS) is 22.2. The van der Waals surface area contributed by atoms with Crippen LogP contribution < -0.4 is 14.4 Å². The molecule has 1 aromatic rings. The van der Waals surface area contributed by atoms with Crippen molar-refractivity contribution in [1.82, 2.24) is 4.90 Å². The summed E-state index contributed by atoms with van der Waals surface area (Å²) in [5.74, 6) is 0.821. The highest BCUT2D eigenvalue weighted by atomic mass is 16.5. The molecule has 2 aliphatic rings. The molecule has 7 heteroatoms. The topological polar surface area (TPSA) is 68.3 Å².